The van der Waals surface area contributed by atoms with E-state index in [0.29, 0.717) is 17.0 Å². The molecule has 3 rings (SSSR count). The first-order chi connectivity index (χ1) is 18.7. The Hall–Kier alpha value is -3.85. The van der Waals surface area contributed by atoms with Crippen LogP contribution in [0.5, 0.6) is 5.75 Å². The van der Waals surface area contributed by atoms with E-state index in [-0.39, 0.29) is 17.3 Å². The van der Waals surface area contributed by atoms with Gasteiger partial charge in [0, 0.05) is 12.1 Å². The van der Waals surface area contributed by atoms with Gasteiger partial charge in [-0.2, -0.15) is 0 Å². The van der Waals surface area contributed by atoms with E-state index < -0.39 is 34.1 Å². The molecule has 0 radical (unpaired) electrons. The number of ether oxygens (including phenoxy) is 1. The Labute approximate surface area is 238 Å². The van der Waals surface area contributed by atoms with Crippen LogP contribution in [0.25, 0.3) is 0 Å². The van der Waals surface area contributed by atoms with Crippen molar-refractivity contribution in [1.29, 1.82) is 0 Å². The minimum atomic E-state index is -4.11. The molecule has 0 spiro atoms. The lowest BCUT2D eigenvalue weighted by molar-refractivity contribution is -0.140. The molecule has 0 bridgehead atoms. The van der Waals surface area contributed by atoms with E-state index in [1.807, 2.05) is 52.0 Å². The second kappa shape index (κ2) is 12.6. The molecule has 1 N–H and O–H groups in total. The van der Waals surface area contributed by atoms with Gasteiger partial charge in [0.2, 0.25) is 11.8 Å². The van der Waals surface area contributed by atoms with Gasteiger partial charge >= 0.3 is 0 Å². The summed E-state index contributed by atoms with van der Waals surface area (Å²) in [5.74, 6) is -0.179. The lowest BCUT2D eigenvalue weighted by atomic mass is 10.1. The fourth-order valence-corrected chi connectivity index (χ4v) is 5.70. The van der Waals surface area contributed by atoms with Crippen molar-refractivity contribution in [2.45, 2.75) is 64.6 Å². The minimum absolute atomic E-state index is 0.0731. The number of benzene rings is 3. The molecule has 40 heavy (non-hydrogen) atoms. The maximum Gasteiger partial charge on any atom is 0.264 e. The molecule has 8 nitrogen and oxygen atoms in total. The van der Waals surface area contributed by atoms with Crippen LogP contribution in [-0.4, -0.2) is 50.4 Å². The molecule has 0 aromatic heterocycles. The second-order valence-electron chi connectivity index (χ2n) is 10.9. The van der Waals surface area contributed by atoms with E-state index in [0.717, 1.165) is 15.4 Å². The number of anilines is 1. The van der Waals surface area contributed by atoms with Crippen LogP contribution in [-0.2, 0) is 26.2 Å². The zero-order chi connectivity index (χ0) is 29.7. The zero-order valence-electron chi connectivity index (χ0n) is 24.3. The molecule has 1 atom stereocenters. The summed E-state index contributed by atoms with van der Waals surface area (Å²) in [6, 6.07) is 19.8. The first kappa shape index (κ1) is 30.7. The number of carbonyl (C=O) groups is 2. The number of aryl methyl sites for hydroxylation is 2. The second-order valence-corrected chi connectivity index (χ2v) is 12.8. The summed E-state index contributed by atoms with van der Waals surface area (Å²) in [7, 11) is -2.54. The average Bonchev–Trinajstić information content (AvgIpc) is 2.91. The quantitative estimate of drug-likeness (QED) is 0.380. The molecule has 3 aromatic rings. The molecular weight excluding hydrogens is 526 g/mol. The highest BCUT2D eigenvalue weighted by atomic mass is 32.2. The fourth-order valence-electron chi connectivity index (χ4n) is 4.21. The summed E-state index contributed by atoms with van der Waals surface area (Å²) in [6.45, 7) is 10.5. The van der Waals surface area contributed by atoms with Crippen LogP contribution in [0.15, 0.2) is 77.7 Å². The van der Waals surface area contributed by atoms with Gasteiger partial charge in [0.1, 0.15) is 18.3 Å². The predicted molar refractivity (Wildman–Crippen MR) is 158 cm³/mol. The standard InChI is InChI=1S/C31H39N3O5S/c1-22-13-14-23(2)28(19-22)34(40(37,38)27-11-9-8-10-12-27)21-29(35)33(24(3)30(36)32-31(4,5)6)20-25-15-17-26(39-7)18-16-25/h8-19,24H,20-21H2,1-7H3,(H,32,36)/t24-/m1/s1. The molecular formula is C31H39N3O5S. The van der Waals surface area contributed by atoms with Gasteiger partial charge in [-0.1, -0.05) is 42.5 Å². The molecule has 0 unspecified atom stereocenters. The van der Waals surface area contributed by atoms with Crippen LogP contribution in [0.2, 0.25) is 0 Å². The number of nitrogens with one attached hydrogen (secondary N) is 1. The molecule has 9 heteroatoms. The van der Waals surface area contributed by atoms with Crippen molar-refractivity contribution in [2.24, 2.45) is 0 Å². The molecule has 0 aliphatic heterocycles. The monoisotopic (exact) mass is 565 g/mol. The van der Waals surface area contributed by atoms with Crippen molar-refractivity contribution >= 4 is 27.5 Å². The lowest BCUT2D eigenvalue weighted by Crippen LogP contribution is -2.54. The van der Waals surface area contributed by atoms with Gasteiger partial charge in [0.25, 0.3) is 10.0 Å². The third-order valence-corrected chi connectivity index (χ3v) is 8.19. The first-order valence-corrected chi connectivity index (χ1v) is 14.6. The van der Waals surface area contributed by atoms with Crippen LogP contribution in [0.3, 0.4) is 0 Å². The Morgan fingerprint density at radius 2 is 1.57 bits per heavy atom. The minimum Gasteiger partial charge on any atom is -0.497 e. The van der Waals surface area contributed by atoms with Crippen LogP contribution >= 0.6 is 0 Å². The van der Waals surface area contributed by atoms with E-state index >= 15 is 0 Å². The Bertz CT molecular complexity index is 1430. The maximum atomic E-state index is 14.1. The van der Waals surface area contributed by atoms with Gasteiger partial charge in [0.05, 0.1) is 17.7 Å². The number of hydrogen-bond donors (Lipinski definition) is 1. The smallest absolute Gasteiger partial charge is 0.264 e. The molecule has 0 aliphatic carbocycles. The maximum absolute atomic E-state index is 14.1. The highest BCUT2D eigenvalue weighted by molar-refractivity contribution is 7.92. The summed E-state index contributed by atoms with van der Waals surface area (Å²) in [5.41, 5.74) is 2.23. The normalized spacial score (nSPS) is 12.4. The van der Waals surface area contributed by atoms with Crippen molar-refractivity contribution < 1.29 is 22.7 Å². The highest BCUT2D eigenvalue weighted by Crippen LogP contribution is 2.28. The molecule has 0 aliphatic rings. The molecule has 0 heterocycles. The Kier molecular flexibility index (Phi) is 9.63. The van der Waals surface area contributed by atoms with Gasteiger partial charge < -0.3 is 15.0 Å². The fraction of sp³-hybridized carbons (Fsp3) is 0.355. The van der Waals surface area contributed by atoms with E-state index in [9.17, 15) is 18.0 Å². The van der Waals surface area contributed by atoms with Crippen LogP contribution in [0.4, 0.5) is 5.69 Å². The average molecular weight is 566 g/mol. The summed E-state index contributed by atoms with van der Waals surface area (Å²) < 4.78 is 34.3. The number of hydrogen-bond acceptors (Lipinski definition) is 5. The van der Waals surface area contributed by atoms with Crippen LogP contribution in [0.1, 0.15) is 44.4 Å². The van der Waals surface area contributed by atoms with Crippen molar-refractivity contribution in [3.8, 4) is 5.75 Å². The van der Waals surface area contributed by atoms with Crippen molar-refractivity contribution in [3.05, 3.63) is 89.5 Å². The van der Waals surface area contributed by atoms with E-state index in [1.54, 1.807) is 57.4 Å². The molecule has 0 saturated heterocycles. The highest BCUT2D eigenvalue weighted by Gasteiger charge is 2.33. The topological polar surface area (TPSA) is 96.0 Å². The molecule has 3 aromatic carbocycles. The molecule has 0 fully saturated rings. The zero-order valence-corrected chi connectivity index (χ0v) is 25.1. The van der Waals surface area contributed by atoms with Gasteiger partial charge in [-0.25, -0.2) is 8.42 Å². The van der Waals surface area contributed by atoms with Gasteiger partial charge in [-0.05, 0) is 88.6 Å². The largest absolute Gasteiger partial charge is 0.497 e. The third kappa shape index (κ3) is 7.63. The lowest BCUT2D eigenvalue weighted by Gasteiger charge is -2.34. The van der Waals surface area contributed by atoms with E-state index in [2.05, 4.69) is 5.32 Å². The predicted octanol–water partition coefficient (Wildman–Crippen LogP) is 4.84. The van der Waals surface area contributed by atoms with Crippen LogP contribution in [0, 0.1) is 13.8 Å². The number of nitrogens with zero attached hydrogens (tertiary/aromatic N) is 2. The summed E-state index contributed by atoms with van der Waals surface area (Å²) in [4.78, 5) is 28.8. The Morgan fingerprint density at radius 3 is 2.15 bits per heavy atom. The van der Waals surface area contributed by atoms with E-state index in [1.165, 1.54) is 17.0 Å². The van der Waals surface area contributed by atoms with Gasteiger partial charge in [0.15, 0.2) is 0 Å². The van der Waals surface area contributed by atoms with Crippen molar-refractivity contribution in [3.63, 3.8) is 0 Å². The Balaban J connectivity index is 2.06. The van der Waals surface area contributed by atoms with Crippen molar-refractivity contribution in [1.82, 2.24) is 10.2 Å². The summed E-state index contributed by atoms with van der Waals surface area (Å²) >= 11 is 0. The number of sulfonamides is 1. The van der Waals surface area contributed by atoms with Crippen molar-refractivity contribution in [2.75, 3.05) is 18.0 Å². The summed E-state index contributed by atoms with van der Waals surface area (Å²) in [5, 5.41) is 2.93. The number of methoxy groups -OCH3 is 1. The Morgan fingerprint density at radius 1 is 0.950 bits per heavy atom. The molecule has 2 amide bonds. The molecule has 0 saturated carbocycles. The van der Waals surface area contributed by atoms with E-state index in [4.69, 9.17) is 4.74 Å². The molecule has 214 valence electrons. The number of rotatable bonds is 10. The van der Waals surface area contributed by atoms with Gasteiger partial charge in [-0.3, -0.25) is 13.9 Å². The SMILES string of the molecule is COc1ccc(CN(C(=O)CN(c2cc(C)ccc2C)S(=O)(=O)c2ccccc2)[C@H](C)C(=O)NC(C)(C)C)cc1. The van der Waals surface area contributed by atoms with Gasteiger partial charge in [-0.15, -0.1) is 0 Å². The number of amides is 2. The number of carbonyl (C=O) groups excluding carboxylic acids is 2. The summed E-state index contributed by atoms with van der Waals surface area (Å²) in [6.07, 6.45) is 0. The van der Waals surface area contributed by atoms with Crippen LogP contribution < -0.4 is 14.4 Å². The third-order valence-electron chi connectivity index (χ3n) is 6.42. The first-order valence-electron chi connectivity index (χ1n) is 13.1.